The fourth-order valence-corrected chi connectivity index (χ4v) is 2.46. The fourth-order valence-electron chi connectivity index (χ4n) is 2.13. The highest BCUT2D eigenvalue weighted by molar-refractivity contribution is 9.10. The first kappa shape index (κ1) is 19.1. The Hall–Kier alpha value is -1.99. The summed E-state index contributed by atoms with van der Waals surface area (Å²) in [5, 5.41) is 3.08. The Morgan fingerprint density at radius 3 is 2.39 bits per heavy atom. The third-order valence-electron chi connectivity index (χ3n) is 3.32. The topological polar surface area (TPSA) is 75.4 Å². The zero-order valence-corrected chi connectivity index (χ0v) is 14.3. The lowest BCUT2D eigenvalue weighted by Crippen LogP contribution is -2.48. The van der Waals surface area contributed by atoms with E-state index in [1.165, 1.54) is 17.0 Å². The predicted octanol–water partition coefficient (Wildman–Crippen LogP) is 1.99. The first-order valence-electron chi connectivity index (χ1n) is 6.90. The highest BCUT2D eigenvalue weighted by Crippen LogP contribution is 2.31. The molecule has 1 aromatic carbocycles. The van der Waals surface area contributed by atoms with Gasteiger partial charge in [-0.2, -0.15) is 0 Å². The summed E-state index contributed by atoms with van der Waals surface area (Å²) in [5.41, 5.74) is 5.47. The van der Waals surface area contributed by atoms with E-state index in [0.29, 0.717) is 30.7 Å². The molecule has 5 nitrogen and oxygen atoms in total. The molecular weight excluding hydrogens is 365 g/mol. The van der Waals surface area contributed by atoms with E-state index in [1.54, 1.807) is 0 Å². The number of nitrogens with zero attached hydrogens (tertiary/aromatic N) is 1. The van der Waals surface area contributed by atoms with Gasteiger partial charge in [0, 0.05) is 41.8 Å². The molecule has 7 heteroatoms. The zero-order valence-electron chi connectivity index (χ0n) is 12.7. The summed E-state index contributed by atoms with van der Waals surface area (Å²) < 4.78 is 14.3. The van der Waals surface area contributed by atoms with Gasteiger partial charge in [0.05, 0.1) is 5.69 Å². The van der Waals surface area contributed by atoms with Crippen LogP contribution < -0.4 is 11.1 Å². The number of Topliss-reactive ketones (excluding diaryl/α,β-unsaturated/α-hetero) is 1. The lowest BCUT2D eigenvalue weighted by Gasteiger charge is -2.27. The highest BCUT2D eigenvalue weighted by atomic mass is 79.9. The summed E-state index contributed by atoms with van der Waals surface area (Å²) in [6, 6.07) is 2.60. The van der Waals surface area contributed by atoms with Crippen molar-refractivity contribution in [3.05, 3.63) is 47.7 Å². The minimum atomic E-state index is -0.833. The Labute approximate surface area is 143 Å². The quantitative estimate of drug-likeness (QED) is 0.362. The number of nitrogens with two attached hydrogens (primary N) is 1. The first-order chi connectivity index (χ1) is 10.9. The van der Waals surface area contributed by atoms with Crippen LogP contribution >= 0.6 is 15.9 Å². The maximum Gasteiger partial charge on any atom is 0.295 e. The maximum atomic E-state index is 13.9. The number of nitrogens with one attached hydrogen (secondary N) is 1. The number of amides is 1. The van der Waals surface area contributed by atoms with Crippen LogP contribution in [0.1, 0.15) is 5.56 Å². The SMILES string of the molecule is C=C.C=C(C(=O)C(=O)N1CCNCC1)c1c(F)ccc(Br)c1N. The molecule has 124 valence electrons. The Morgan fingerprint density at radius 2 is 1.83 bits per heavy atom. The number of hydrogen-bond acceptors (Lipinski definition) is 4. The van der Waals surface area contributed by atoms with Gasteiger partial charge in [-0.15, -0.1) is 13.2 Å². The number of carbonyl (C=O) groups is 2. The molecule has 1 aromatic rings. The van der Waals surface area contributed by atoms with Gasteiger partial charge in [-0.25, -0.2) is 4.39 Å². The van der Waals surface area contributed by atoms with Crippen LogP contribution in [-0.2, 0) is 9.59 Å². The summed E-state index contributed by atoms with van der Waals surface area (Å²) in [6.07, 6.45) is 0. The van der Waals surface area contributed by atoms with Crippen molar-refractivity contribution in [2.75, 3.05) is 31.9 Å². The van der Waals surface area contributed by atoms with Crippen LogP contribution in [0.25, 0.3) is 5.57 Å². The van der Waals surface area contributed by atoms with Gasteiger partial charge in [-0.3, -0.25) is 9.59 Å². The van der Waals surface area contributed by atoms with E-state index in [2.05, 4.69) is 41.0 Å². The molecule has 2 rings (SSSR count). The maximum absolute atomic E-state index is 13.9. The van der Waals surface area contributed by atoms with Crippen LogP contribution in [0.5, 0.6) is 0 Å². The average Bonchev–Trinajstić information content (AvgIpc) is 2.59. The van der Waals surface area contributed by atoms with Gasteiger partial charge in [-0.05, 0) is 28.1 Å². The number of benzene rings is 1. The number of anilines is 1. The van der Waals surface area contributed by atoms with E-state index < -0.39 is 17.5 Å². The van der Waals surface area contributed by atoms with Crippen LogP contribution in [0.4, 0.5) is 10.1 Å². The smallest absolute Gasteiger partial charge is 0.295 e. The van der Waals surface area contributed by atoms with Gasteiger partial charge in [0.2, 0.25) is 0 Å². The molecule has 1 aliphatic rings. The molecule has 0 saturated carbocycles. The van der Waals surface area contributed by atoms with Gasteiger partial charge in [0.15, 0.2) is 0 Å². The predicted molar refractivity (Wildman–Crippen MR) is 93.3 cm³/mol. The number of ketones is 1. The average molecular weight is 384 g/mol. The molecule has 1 fully saturated rings. The van der Waals surface area contributed by atoms with Crippen molar-refractivity contribution >= 4 is 38.9 Å². The first-order valence-corrected chi connectivity index (χ1v) is 7.70. The molecule has 3 N–H and O–H groups in total. The van der Waals surface area contributed by atoms with E-state index in [1.807, 2.05) is 0 Å². The molecule has 0 aliphatic carbocycles. The van der Waals surface area contributed by atoms with E-state index >= 15 is 0 Å². The third kappa shape index (κ3) is 4.27. The second-order valence-corrected chi connectivity index (χ2v) is 5.52. The summed E-state index contributed by atoms with van der Waals surface area (Å²) in [4.78, 5) is 25.8. The zero-order chi connectivity index (χ0) is 17.6. The standard InChI is InChI=1S/C14H15BrFN3O2.C2H4/c1-8(11-10(16)3-2-9(15)12(11)17)13(20)14(21)19-6-4-18-5-7-19;1-2/h2-3,18H,1,4-7,17H2;1-2H2. The monoisotopic (exact) mass is 383 g/mol. The van der Waals surface area contributed by atoms with Crippen LogP contribution in [0.2, 0.25) is 0 Å². The molecule has 1 amide bonds. The van der Waals surface area contributed by atoms with Crippen molar-refractivity contribution in [1.82, 2.24) is 10.2 Å². The molecule has 0 spiro atoms. The van der Waals surface area contributed by atoms with Gasteiger partial charge in [-0.1, -0.05) is 6.58 Å². The van der Waals surface area contributed by atoms with E-state index in [9.17, 15) is 14.0 Å². The number of nitrogen functional groups attached to an aromatic ring is 1. The van der Waals surface area contributed by atoms with Crippen LogP contribution in [-0.4, -0.2) is 42.8 Å². The normalized spacial score (nSPS) is 13.7. The number of rotatable bonds is 3. The second-order valence-electron chi connectivity index (χ2n) is 4.67. The molecule has 0 radical (unpaired) electrons. The lowest BCUT2D eigenvalue weighted by atomic mass is 10.00. The van der Waals surface area contributed by atoms with Crippen molar-refractivity contribution in [2.24, 2.45) is 0 Å². The fraction of sp³-hybridized carbons (Fsp3) is 0.250. The van der Waals surface area contributed by atoms with Crippen LogP contribution in [0.15, 0.2) is 36.3 Å². The Kier molecular flexibility index (Phi) is 7.12. The molecule has 1 aliphatic heterocycles. The third-order valence-corrected chi connectivity index (χ3v) is 4.01. The molecule has 0 atom stereocenters. The second kappa shape index (κ2) is 8.59. The Bertz CT molecular complexity index is 628. The van der Waals surface area contributed by atoms with E-state index in [4.69, 9.17) is 5.73 Å². The van der Waals surface area contributed by atoms with Gasteiger partial charge >= 0.3 is 0 Å². The van der Waals surface area contributed by atoms with E-state index in [-0.39, 0.29) is 16.8 Å². The summed E-state index contributed by atoms with van der Waals surface area (Å²) in [6.45, 7) is 11.7. The number of hydrogen-bond donors (Lipinski definition) is 2. The molecule has 0 aromatic heterocycles. The van der Waals surface area contributed by atoms with Crippen molar-refractivity contribution in [1.29, 1.82) is 0 Å². The highest BCUT2D eigenvalue weighted by Gasteiger charge is 2.28. The summed E-state index contributed by atoms with van der Waals surface area (Å²) in [5.74, 6) is -2.19. The van der Waals surface area contributed by atoms with E-state index in [0.717, 1.165) is 0 Å². The van der Waals surface area contributed by atoms with Crippen molar-refractivity contribution in [2.45, 2.75) is 0 Å². The molecule has 1 saturated heterocycles. The van der Waals surface area contributed by atoms with Gasteiger partial charge in [0.25, 0.3) is 11.7 Å². The molecular formula is C16H19BrFN3O2. The Morgan fingerprint density at radius 1 is 1.26 bits per heavy atom. The minimum Gasteiger partial charge on any atom is -0.397 e. The van der Waals surface area contributed by atoms with Gasteiger partial charge < -0.3 is 16.0 Å². The van der Waals surface area contributed by atoms with Crippen LogP contribution in [0, 0.1) is 5.82 Å². The Balaban J connectivity index is 0.00000127. The number of halogens is 2. The van der Waals surface area contributed by atoms with Crippen LogP contribution in [0.3, 0.4) is 0 Å². The number of carbonyl (C=O) groups excluding carboxylic acids is 2. The lowest BCUT2D eigenvalue weighted by molar-refractivity contribution is -0.142. The van der Waals surface area contributed by atoms with Crippen molar-refractivity contribution < 1.29 is 14.0 Å². The molecule has 23 heavy (non-hydrogen) atoms. The van der Waals surface area contributed by atoms with Gasteiger partial charge in [0.1, 0.15) is 5.82 Å². The molecule has 0 unspecified atom stereocenters. The molecule has 0 bridgehead atoms. The largest absolute Gasteiger partial charge is 0.397 e. The number of piperazine rings is 1. The molecule has 1 heterocycles. The minimum absolute atomic E-state index is 0.0569. The summed E-state index contributed by atoms with van der Waals surface area (Å²) in [7, 11) is 0. The summed E-state index contributed by atoms with van der Waals surface area (Å²) >= 11 is 3.16. The van der Waals surface area contributed by atoms with Crippen molar-refractivity contribution in [3.63, 3.8) is 0 Å². The van der Waals surface area contributed by atoms with Crippen molar-refractivity contribution in [3.8, 4) is 0 Å².